The fraction of sp³-hybridized carbons (Fsp3) is 0.750. The predicted molar refractivity (Wildman–Crippen MR) is 67.3 cm³/mol. The van der Waals surface area contributed by atoms with Crippen molar-refractivity contribution in [2.24, 2.45) is 5.73 Å². The Balaban J connectivity index is 4.37. The number of hydrogen-bond acceptors (Lipinski definition) is 4. The first-order chi connectivity index (χ1) is 9.68. The minimum Gasteiger partial charge on any atom is -0.450 e. The van der Waals surface area contributed by atoms with Gasteiger partial charge in [-0.1, -0.05) is 26.2 Å². The molecule has 0 saturated heterocycles. The number of hydrogen-bond donors (Lipinski definition) is 2. The Morgan fingerprint density at radius 3 is 2.29 bits per heavy atom. The first-order valence-corrected chi connectivity index (χ1v) is 6.51. The fourth-order valence-electron chi connectivity index (χ4n) is 1.49. The molecule has 0 rings (SSSR count). The van der Waals surface area contributed by atoms with Gasteiger partial charge >= 0.3 is 12.3 Å². The van der Waals surface area contributed by atoms with Crippen LogP contribution in [0.1, 0.15) is 39.0 Å². The highest BCUT2D eigenvalue weighted by Crippen LogP contribution is 2.19. The summed E-state index contributed by atoms with van der Waals surface area (Å²) in [7, 11) is 0. The number of unbranched alkanes of at least 4 members (excludes halogenated alkanes) is 3. The summed E-state index contributed by atoms with van der Waals surface area (Å²) in [6.45, 7) is 2.01. The van der Waals surface area contributed by atoms with Crippen molar-refractivity contribution in [3.05, 3.63) is 0 Å². The van der Waals surface area contributed by atoms with E-state index in [1.807, 2.05) is 6.92 Å². The maximum atomic E-state index is 12.3. The topological polar surface area (TPSA) is 98.5 Å². The molecule has 0 aromatic rings. The summed E-state index contributed by atoms with van der Waals surface area (Å²) in [5.74, 6) is -3.38. The molecular formula is C12H19F3N2O4. The molecule has 0 aromatic carbocycles. The maximum Gasteiger partial charge on any atom is 0.452 e. The molecule has 0 fully saturated rings. The molecular weight excluding hydrogens is 293 g/mol. The molecule has 21 heavy (non-hydrogen) atoms. The molecule has 0 heterocycles. The normalized spacial score (nSPS) is 12.6. The Kier molecular flexibility index (Phi) is 8.41. The molecule has 0 bridgehead atoms. The Morgan fingerprint density at radius 1 is 1.19 bits per heavy atom. The van der Waals surface area contributed by atoms with Crippen LogP contribution in [0.2, 0.25) is 0 Å². The van der Waals surface area contributed by atoms with E-state index in [4.69, 9.17) is 5.73 Å². The number of rotatable bonds is 9. The van der Waals surface area contributed by atoms with Crippen LogP contribution in [-0.4, -0.2) is 36.6 Å². The fourth-order valence-corrected chi connectivity index (χ4v) is 1.49. The van der Waals surface area contributed by atoms with Crippen molar-refractivity contribution in [2.75, 3.05) is 6.61 Å². The van der Waals surface area contributed by atoms with Gasteiger partial charge in [0.1, 0.15) is 6.04 Å². The zero-order valence-corrected chi connectivity index (χ0v) is 11.7. The van der Waals surface area contributed by atoms with Gasteiger partial charge in [0.05, 0.1) is 13.0 Å². The average Bonchev–Trinajstić information content (AvgIpc) is 2.35. The Hall–Kier alpha value is -1.80. The number of alkyl carbamates (subject to hydrolysis) is 1. The Labute approximate surface area is 120 Å². The molecule has 0 aliphatic heterocycles. The van der Waals surface area contributed by atoms with Crippen LogP contribution in [-0.2, 0) is 14.3 Å². The lowest BCUT2D eigenvalue weighted by molar-refractivity contribution is -0.173. The van der Waals surface area contributed by atoms with E-state index in [-0.39, 0.29) is 6.61 Å². The summed E-state index contributed by atoms with van der Waals surface area (Å²) in [6, 6.07) is -2.06. The van der Waals surface area contributed by atoms with Gasteiger partial charge in [0.15, 0.2) is 0 Å². The largest absolute Gasteiger partial charge is 0.452 e. The summed E-state index contributed by atoms with van der Waals surface area (Å²) in [6.07, 6.45) is -3.99. The quantitative estimate of drug-likeness (QED) is 0.633. The number of carbonyl (C=O) groups is 3. The Morgan fingerprint density at radius 2 is 1.81 bits per heavy atom. The van der Waals surface area contributed by atoms with Gasteiger partial charge in [0.2, 0.25) is 5.91 Å². The van der Waals surface area contributed by atoms with Gasteiger partial charge in [0, 0.05) is 0 Å². The maximum absolute atomic E-state index is 12.3. The number of ketones is 1. The number of alkyl halides is 3. The standard InChI is InChI=1S/C12H19F3N2O4/c1-2-3-4-5-6-21-11(20)17-8(7-9(16)18)10(19)12(13,14)15/h8H,2-7H2,1H3,(H2,16,18)(H,17,20)/t8-/m1/s1. The van der Waals surface area contributed by atoms with Crippen molar-refractivity contribution < 1.29 is 32.3 Å². The molecule has 0 saturated carbocycles. The van der Waals surface area contributed by atoms with E-state index in [2.05, 4.69) is 4.74 Å². The second-order valence-electron chi connectivity index (χ2n) is 4.43. The van der Waals surface area contributed by atoms with Crippen molar-refractivity contribution in [1.82, 2.24) is 5.32 Å². The summed E-state index contributed by atoms with van der Waals surface area (Å²) in [4.78, 5) is 33.0. The smallest absolute Gasteiger partial charge is 0.450 e. The number of amides is 2. The molecule has 6 nitrogen and oxygen atoms in total. The number of primary amides is 1. The molecule has 2 amide bonds. The van der Waals surface area contributed by atoms with Crippen molar-refractivity contribution in [2.45, 2.75) is 51.2 Å². The van der Waals surface area contributed by atoms with Gasteiger partial charge in [-0.25, -0.2) is 4.79 Å². The molecule has 122 valence electrons. The number of nitrogens with two attached hydrogens (primary N) is 1. The summed E-state index contributed by atoms with van der Waals surface area (Å²) in [5, 5.41) is 1.71. The van der Waals surface area contributed by atoms with E-state index in [0.29, 0.717) is 6.42 Å². The number of nitrogens with one attached hydrogen (secondary N) is 1. The lowest BCUT2D eigenvalue weighted by Crippen LogP contribution is -2.48. The van der Waals surface area contributed by atoms with Gasteiger partial charge in [-0.15, -0.1) is 0 Å². The van der Waals surface area contributed by atoms with Gasteiger partial charge in [-0.2, -0.15) is 13.2 Å². The molecule has 1 atom stereocenters. The second kappa shape index (κ2) is 9.19. The molecule has 3 N–H and O–H groups in total. The highest BCUT2D eigenvalue weighted by atomic mass is 19.4. The lowest BCUT2D eigenvalue weighted by Gasteiger charge is -2.17. The molecule has 0 spiro atoms. The van der Waals surface area contributed by atoms with Crippen molar-refractivity contribution in [3.8, 4) is 0 Å². The molecule has 0 radical (unpaired) electrons. The first kappa shape index (κ1) is 19.2. The van der Waals surface area contributed by atoms with Crippen molar-refractivity contribution >= 4 is 17.8 Å². The van der Waals surface area contributed by atoms with Gasteiger partial charge < -0.3 is 15.8 Å². The third kappa shape index (κ3) is 8.87. The minimum absolute atomic E-state index is 0.0231. The van der Waals surface area contributed by atoms with E-state index in [1.54, 1.807) is 5.32 Å². The second-order valence-corrected chi connectivity index (χ2v) is 4.43. The van der Waals surface area contributed by atoms with E-state index >= 15 is 0 Å². The van der Waals surface area contributed by atoms with E-state index in [9.17, 15) is 27.6 Å². The highest BCUT2D eigenvalue weighted by Gasteiger charge is 2.44. The van der Waals surface area contributed by atoms with E-state index < -0.39 is 36.4 Å². The van der Waals surface area contributed by atoms with Crippen molar-refractivity contribution in [1.29, 1.82) is 0 Å². The molecule has 0 aliphatic rings. The van der Waals surface area contributed by atoms with Crippen LogP contribution in [0, 0.1) is 0 Å². The molecule has 0 aromatic heterocycles. The number of Topliss-reactive ketones (excluding diaryl/α,β-unsaturated/α-hetero) is 1. The third-order valence-electron chi connectivity index (χ3n) is 2.52. The zero-order chi connectivity index (χ0) is 16.5. The minimum atomic E-state index is -5.17. The zero-order valence-electron chi connectivity index (χ0n) is 11.7. The van der Waals surface area contributed by atoms with Crippen LogP contribution < -0.4 is 11.1 Å². The van der Waals surface area contributed by atoms with E-state index in [1.165, 1.54) is 0 Å². The summed E-state index contributed by atoms with van der Waals surface area (Å²) in [5.41, 5.74) is 4.75. The van der Waals surface area contributed by atoms with Crippen LogP contribution in [0.5, 0.6) is 0 Å². The monoisotopic (exact) mass is 312 g/mol. The van der Waals surface area contributed by atoms with Crippen molar-refractivity contribution in [3.63, 3.8) is 0 Å². The number of carbonyl (C=O) groups excluding carboxylic acids is 3. The average molecular weight is 312 g/mol. The van der Waals surface area contributed by atoms with Crippen LogP contribution in [0.15, 0.2) is 0 Å². The Bertz CT molecular complexity index is 372. The predicted octanol–water partition coefficient (Wildman–Crippen LogP) is 1.67. The first-order valence-electron chi connectivity index (χ1n) is 6.51. The van der Waals surface area contributed by atoms with Crippen LogP contribution in [0.3, 0.4) is 0 Å². The lowest BCUT2D eigenvalue weighted by atomic mass is 10.1. The number of halogens is 3. The van der Waals surface area contributed by atoms with Crippen LogP contribution in [0.4, 0.5) is 18.0 Å². The van der Waals surface area contributed by atoms with Gasteiger partial charge in [0.25, 0.3) is 5.78 Å². The van der Waals surface area contributed by atoms with E-state index in [0.717, 1.165) is 19.3 Å². The van der Waals surface area contributed by atoms with Crippen LogP contribution >= 0.6 is 0 Å². The summed E-state index contributed by atoms with van der Waals surface area (Å²) >= 11 is 0. The molecule has 0 aliphatic carbocycles. The summed E-state index contributed by atoms with van der Waals surface area (Å²) < 4.78 is 41.5. The van der Waals surface area contributed by atoms with Gasteiger partial charge in [-0.3, -0.25) is 9.59 Å². The highest BCUT2D eigenvalue weighted by molar-refractivity contribution is 5.95. The van der Waals surface area contributed by atoms with Crippen LogP contribution in [0.25, 0.3) is 0 Å². The third-order valence-corrected chi connectivity index (χ3v) is 2.52. The molecule has 9 heteroatoms. The molecule has 0 unspecified atom stereocenters. The van der Waals surface area contributed by atoms with Gasteiger partial charge in [-0.05, 0) is 6.42 Å². The SMILES string of the molecule is CCCCCCOC(=O)N[C@H](CC(N)=O)C(=O)C(F)(F)F. The number of ether oxygens (including phenoxy) is 1.